The van der Waals surface area contributed by atoms with Gasteiger partial charge in [0, 0.05) is 0 Å². The third kappa shape index (κ3) is 3.61. The first kappa shape index (κ1) is 16.8. The molecule has 0 aromatic heterocycles. The summed E-state index contributed by atoms with van der Waals surface area (Å²) in [5, 5.41) is 11.6. The van der Waals surface area contributed by atoms with Crippen molar-refractivity contribution in [1.29, 1.82) is 0 Å². The summed E-state index contributed by atoms with van der Waals surface area (Å²) in [6, 6.07) is 5.93. The summed E-state index contributed by atoms with van der Waals surface area (Å²) >= 11 is 0. The van der Waals surface area contributed by atoms with Crippen LogP contribution in [0.3, 0.4) is 0 Å². The highest BCUT2D eigenvalue weighted by Gasteiger charge is 2.33. The average Bonchev–Trinajstić information content (AvgIpc) is 2.48. The Morgan fingerprint density at radius 1 is 1.35 bits per heavy atom. The molecule has 0 saturated carbocycles. The minimum atomic E-state index is -1.10. The van der Waals surface area contributed by atoms with E-state index < -0.39 is 24.0 Å². The maximum absolute atomic E-state index is 12.3. The summed E-state index contributed by atoms with van der Waals surface area (Å²) in [7, 11) is 0. The van der Waals surface area contributed by atoms with Gasteiger partial charge in [-0.3, -0.25) is 14.5 Å². The second-order valence-electron chi connectivity index (χ2n) is 5.78. The third-order valence-corrected chi connectivity index (χ3v) is 3.62. The van der Waals surface area contributed by atoms with E-state index in [0.29, 0.717) is 11.4 Å². The second kappa shape index (κ2) is 6.68. The van der Waals surface area contributed by atoms with Gasteiger partial charge in [0.25, 0.3) is 5.91 Å². The molecule has 7 nitrogen and oxygen atoms in total. The minimum absolute atomic E-state index is 0.250. The molecule has 1 aromatic carbocycles. The van der Waals surface area contributed by atoms with Crippen molar-refractivity contribution in [2.45, 2.75) is 32.9 Å². The number of anilines is 1. The van der Waals surface area contributed by atoms with Crippen LogP contribution in [-0.4, -0.2) is 41.6 Å². The standard InChI is InChI=1S/C16H20N2O5/c1-9(2)14(16(21)22)17-13(19)8-18-11-6-4-5-7-12(11)23-10(3)15(18)20/h4-7,9-10,14H,8H2,1-3H3,(H,17,19)(H,21,22)/t10?,14-/m0/s1. The molecule has 1 aliphatic heterocycles. The Morgan fingerprint density at radius 2 is 2.00 bits per heavy atom. The fourth-order valence-corrected chi connectivity index (χ4v) is 2.40. The number of para-hydroxylation sites is 2. The van der Waals surface area contributed by atoms with Crippen LogP contribution in [0.4, 0.5) is 5.69 Å². The highest BCUT2D eigenvalue weighted by molar-refractivity contribution is 6.04. The number of carbonyl (C=O) groups is 3. The zero-order valence-corrected chi connectivity index (χ0v) is 13.3. The van der Waals surface area contributed by atoms with Gasteiger partial charge in [-0.15, -0.1) is 0 Å². The predicted octanol–water partition coefficient (Wildman–Crippen LogP) is 1.03. The number of aliphatic carboxylic acids is 1. The first-order chi connectivity index (χ1) is 10.8. The molecule has 2 atom stereocenters. The van der Waals surface area contributed by atoms with Gasteiger partial charge in [-0.2, -0.15) is 0 Å². The maximum atomic E-state index is 12.3. The molecule has 0 aliphatic carbocycles. The minimum Gasteiger partial charge on any atom is -0.480 e. The lowest BCUT2D eigenvalue weighted by Crippen LogP contribution is -2.52. The van der Waals surface area contributed by atoms with Crippen molar-refractivity contribution >= 4 is 23.5 Å². The van der Waals surface area contributed by atoms with Crippen LogP contribution in [0.2, 0.25) is 0 Å². The molecular formula is C16H20N2O5. The van der Waals surface area contributed by atoms with Crippen LogP contribution in [0.15, 0.2) is 24.3 Å². The van der Waals surface area contributed by atoms with Crippen LogP contribution in [-0.2, 0) is 14.4 Å². The number of ether oxygens (including phenoxy) is 1. The fraction of sp³-hybridized carbons (Fsp3) is 0.438. The van der Waals surface area contributed by atoms with Crippen molar-refractivity contribution in [3.8, 4) is 5.75 Å². The summed E-state index contributed by atoms with van der Waals surface area (Å²) in [6.07, 6.45) is -0.696. The Labute approximate surface area is 134 Å². The first-order valence-electron chi connectivity index (χ1n) is 7.40. The van der Waals surface area contributed by atoms with E-state index >= 15 is 0 Å². The fourth-order valence-electron chi connectivity index (χ4n) is 2.40. The number of carboxylic acid groups (broad SMARTS) is 1. The van der Waals surface area contributed by atoms with E-state index in [1.165, 1.54) is 4.90 Å². The number of fused-ring (bicyclic) bond motifs is 1. The van der Waals surface area contributed by atoms with E-state index in [2.05, 4.69) is 5.32 Å². The second-order valence-corrected chi connectivity index (χ2v) is 5.78. The number of nitrogens with one attached hydrogen (secondary N) is 1. The molecule has 2 amide bonds. The molecule has 1 unspecified atom stereocenters. The van der Waals surface area contributed by atoms with Gasteiger partial charge in [0.2, 0.25) is 5.91 Å². The summed E-state index contributed by atoms with van der Waals surface area (Å²) in [5.74, 6) is -1.71. The molecule has 0 fully saturated rings. The molecule has 2 N–H and O–H groups in total. The Morgan fingerprint density at radius 3 is 2.61 bits per heavy atom. The molecule has 1 aliphatic rings. The number of nitrogens with zero attached hydrogens (tertiary/aromatic N) is 1. The van der Waals surface area contributed by atoms with Gasteiger partial charge in [0.1, 0.15) is 18.3 Å². The van der Waals surface area contributed by atoms with Crippen LogP contribution < -0.4 is 15.0 Å². The number of rotatable bonds is 5. The summed E-state index contributed by atoms with van der Waals surface area (Å²) in [6.45, 7) is 4.77. The number of carboxylic acids is 1. The predicted molar refractivity (Wildman–Crippen MR) is 83.3 cm³/mol. The molecule has 0 bridgehead atoms. The summed E-state index contributed by atoms with van der Waals surface area (Å²) in [5.41, 5.74) is 0.502. The van der Waals surface area contributed by atoms with E-state index in [0.717, 1.165) is 0 Å². The topological polar surface area (TPSA) is 95.9 Å². The number of hydrogen-bond acceptors (Lipinski definition) is 4. The van der Waals surface area contributed by atoms with Crippen molar-refractivity contribution in [3.05, 3.63) is 24.3 Å². The van der Waals surface area contributed by atoms with Crippen LogP contribution in [0.1, 0.15) is 20.8 Å². The van der Waals surface area contributed by atoms with Gasteiger partial charge < -0.3 is 15.2 Å². The summed E-state index contributed by atoms with van der Waals surface area (Å²) in [4.78, 5) is 37.0. The van der Waals surface area contributed by atoms with E-state index in [-0.39, 0.29) is 18.4 Å². The lowest BCUT2D eigenvalue weighted by atomic mass is 10.0. The van der Waals surface area contributed by atoms with E-state index in [4.69, 9.17) is 9.84 Å². The van der Waals surface area contributed by atoms with Gasteiger partial charge in [0.15, 0.2) is 6.10 Å². The Kier molecular flexibility index (Phi) is 4.88. The highest BCUT2D eigenvalue weighted by atomic mass is 16.5. The van der Waals surface area contributed by atoms with Gasteiger partial charge in [-0.1, -0.05) is 26.0 Å². The quantitative estimate of drug-likeness (QED) is 0.844. The van der Waals surface area contributed by atoms with Crippen molar-refractivity contribution in [2.75, 3.05) is 11.4 Å². The van der Waals surface area contributed by atoms with Crippen LogP contribution >= 0.6 is 0 Å². The molecule has 124 valence electrons. The maximum Gasteiger partial charge on any atom is 0.326 e. The summed E-state index contributed by atoms with van der Waals surface area (Å²) < 4.78 is 5.50. The molecular weight excluding hydrogens is 300 g/mol. The van der Waals surface area contributed by atoms with Gasteiger partial charge in [0.05, 0.1) is 5.69 Å². The average molecular weight is 320 g/mol. The highest BCUT2D eigenvalue weighted by Crippen LogP contribution is 2.33. The third-order valence-electron chi connectivity index (χ3n) is 3.62. The SMILES string of the molecule is CC1Oc2ccccc2N(CC(=O)N[C@H](C(=O)O)C(C)C)C1=O. The Balaban J connectivity index is 2.17. The number of carbonyl (C=O) groups excluding carboxylic acids is 2. The zero-order chi connectivity index (χ0) is 17.1. The number of benzene rings is 1. The largest absolute Gasteiger partial charge is 0.480 e. The number of hydrogen-bond donors (Lipinski definition) is 2. The molecule has 7 heteroatoms. The Bertz CT molecular complexity index is 629. The molecule has 0 radical (unpaired) electrons. The molecule has 1 aromatic rings. The molecule has 0 spiro atoms. The van der Waals surface area contributed by atoms with Crippen molar-refractivity contribution < 1.29 is 24.2 Å². The number of amides is 2. The lowest BCUT2D eigenvalue weighted by molar-refractivity contribution is -0.142. The molecule has 2 rings (SSSR count). The molecule has 0 saturated heterocycles. The Hall–Kier alpha value is -2.57. The van der Waals surface area contributed by atoms with E-state index in [9.17, 15) is 14.4 Å². The van der Waals surface area contributed by atoms with Gasteiger partial charge >= 0.3 is 5.97 Å². The lowest BCUT2D eigenvalue weighted by Gasteiger charge is -2.32. The zero-order valence-electron chi connectivity index (χ0n) is 13.3. The smallest absolute Gasteiger partial charge is 0.326 e. The monoisotopic (exact) mass is 320 g/mol. The molecule has 1 heterocycles. The first-order valence-corrected chi connectivity index (χ1v) is 7.40. The van der Waals surface area contributed by atoms with Crippen LogP contribution in [0, 0.1) is 5.92 Å². The van der Waals surface area contributed by atoms with E-state index in [1.807, 2.05) is 0 Å². The normalized spacial score (nSPS) is 18.2. The van der Waals surface area contributed by atoms with E-state index in [1.54, 1.807) is 45.0 Å². The molecule has 23 heavy (non-hydrogen) atoms. The van der Waals surface area contributed by atoms with Crippen LogP contribution in [0.5, 0.6) is 5.75 Å². The van der Waals surface area contributed by atoms with Crippen molar-refractivity contribution in [1.82, 2.24) is 5.32 Å². The van der Waals surface area contributed by atoms with Gasteiger partial charge in [-0.05, 0) is 25.0 Å². The van der Waals surface area contributed by atoms with Gasteiger partial charge in [-0.25, -0.2) is 4.79 Å². The van der Waals surface area contributed by atoms with Crippen LogP contribution in [0.25, 0.3) is 0 Å². The van der Waals surface area contributed by atoms with Crippen molar-refractivity contribution in [3.63, 3.8) is 0 Å². The van der Waals surface area contributed by atoms with Crippen molar-refractivity contribution in [2.24, 2.45) is 5.92 Å².